The number of para-hydroxylation sites is 1. The first-order valence-corrected chi connectivity index (χ1v) is 13.5. The van der Waals surface area contributed by atoms with Crippen LogP contribution in [0.4, 0.5) is 32.7 Å². The van der Waals surface area contributed by atoms with Gasteiger partial charge in [-0.2, -0.15) is 10.1 Å². The molecule has 2 N–H and O–H groups in total. The van der Waals surface area contributed by atoms with Crippen LogP contribution in [-0.2, 0) is 17.8 Å². The fourth-order valence-electron chi connectivity index (χ4n) is 5.10. The first-order valence-electron chi connectivity index (χ1n) is 14.0. The van der Waals surface area contributed by atoms with Crippen molar-refractivity contribution in [1.29, 1.82) is 0 Å². The maximum absolute atomic E-state index is 14.1. The predicted octanol–water partition coefficient (Wildman–Crippen LogP) is 4.20. The molecule has 1 aromatic carbocycles. The number of nitrogens with one attached hydrogen (secondary N) is 1. The summed E-state index contributed by atoms with van der Waals surface area (Å²) >= 11 is 0. The minimum absolute atomic E-state index is 0.000185. The molecule has 1 saturated carbocycles. The Labute approximate surface area is 234 Å². The number of ether oxygens (including phenoxy) is 1. The van der Waals surface area contributed by atoms with Crippen LogP contribution in [0, 0.1) is 0 Å². The van der Waals surface area contributed by atoms with Crippen molar-refractivity contribution in [2.24, 2.45) is 0 Å². The number of nitrogens with zero attached hydrogens (tertiary/aromatic N) is 7. The van der Waals surface area contributed by atoms with Crippen molar-refractivity contribution < 1.29 is 20.8 Å². The number of aliphatic hydroxyl groups excluding tert-OH is 1. The molecule has 4 heterocycles. The van der Waals surface area contributed by atoms with E-state index in [1.54, 1.807) is 44.0 Å². The number of aromatic nitrogens is 4. The van der Waals surface area contributed by atoms with E-state index in [-0.39, 0.29) is 38.2 Å². The minimum Gasteiger partial charge on any atom is -0.443 e. The topological polar surface area (TPSA) is 129 Å². The number of amides is 3. The van der Waals surface area contributed by atoms with E-state index in [0.29, 0.717) is 35.2 Å². The molecule has 1 aliphatic carbocycles. The molecule has 2 aromatic heterocycles. The van der Waals surface area contributed by atoms with E-state index < -0.39 is 17.7 Å². The van der Waals surface area contributed by atoms with Crippen LogP contribution in [0.1, 0.15) is 58.5 Å². The lowest BCUT2D eigenvalue weighted by Crippen LogP contribution is -2.52. The Balaban J connectivity index is 1.32. The lowest BCUT2D eigenvalue weighted by atomic mass is 9.94. The smallest absolute Gasteiger partial charge is 0.414 e. The molecule has 2 aliphatic heterocycles. The van der Waals surface area contributed by atoms with Crippen molar-refractivity contribution in [3.05, 3.63) is 54.0 Å². The molecular weight excluding hydrogens is 512 g/mol. The van der Waals surface area contributed by atoms with Crippen LogP contribution < -0.4 is 15.1 Å². The Bertz CT molecular complexity index is 1490. The molecule has 3 aromatic rings. The predicted molar refractivity (Wildman–Crippen MR) is 148 cm³/mol. The number of aliphatic hydroxyl groups is 1. The van der Waals surface area contributed by atoms with Crippen molar-refractivity contribution in [1.82, 2.24) is 24.6 Å². The Hall–Kier alpha value is -4.19. The fraction of sp³-hybridized carbons (Fsp3) is 0.464. The van der Waals surface area contributed by atoms with Crippen LogP contribution >= 0.6 is 0 Å². The third-order valence-corrected chi connectivity index (χ3v) is 6.98. The normalized spacial score (nSPS) is 21.1. The van der Waals surface area contributed by atoms with Gasteiger partial charge in [-0.1, -0.05) is 18.2 Å². The molecule has 12 nitrogen and oxygen atoms in total. The van der Waals surface area contributed by atoms with E-state index in [1.807, 2.05) is 39.0 Å². The van der Waals surface area contributed by atoms with E-state index >= 15 is 0 Å². The Morgan fingerprint density at radius 2 is 2.02 bits per heavy atom. The number of carbonyl (C=O) groups excluding carboxylic acids is 2. The molecule has 40 heavy (non-hydrogen) atoms. The first kappa shape index (κ1) is 24.8. The van der Waals surface area contributed by atoms with Gasteiger partial charge in [-0.3, -0.25) is 14.5 Å². The second kappa shape index (κ2) is 10.1. The molecule has 0 saturated heterocycles. The lowest BCUT2D eigenvalue weighted by molar-refractivity contribution is 0.0572. The highest BCUT2D eigenvalue weighted by atomic mass is 16.6. The van der Waals surface area contributed by atoms with Gasteiger partial charge in [0.1, 0.15) is 11.4 Å². The minimum atomic E-state index is -1.41. The maximum Gasteiger partial charge on any atom is 0.414 e. The SMILES string of the molecule is [2H]C1(N2Cc3cnc(Nc4cnn(CCO)c4)nc3N(C3CC3)C2=O)CCN(C(=O)OC(C)(C)C)c2ccccc21. The Kier molecular flexibility index (Phi) is 6.26. The number of fused-ring (bicyclic) bond motifs is 2. The van der Waals surface area contributed by atoms with Crippen molar-refractivity contribution in [2.75, 3.05) is 28.3 Å². The molecular formula is C28H34N8O4. The van der Waals surface area contributed by atoms with Gasteiger partial charge in [-0.05, 0) is 51.7 Å². The van der Waals surface area contributed by atoms with Crippen LogP contribution in [0.2, 0.25) is 0 Å². The molecule has 0 radical (unpaired) electrons. The van der Waals surface area contributed by atoms with Gasteiger partial charge >= 0.3 is 12.1 Å². The highest BCUT2D eigenvalue weighted by Gasteiger charge is 2.45. The second-order valence-electron chi connectivity index (χ2n) is 11.2. The third-order valence-electron chi connectivity index (χ3n) is 6.98. The van der Waals surface area contributed by atoms with Crippen LogP contribution in [0.5, 0.6) is 0 Å². The molecule has 210 valence electrons. The zero-order valence-corrected chi connectivity index (χ0v) is 22.9. The number of hydrogen-bond acceptors (Lipinski definition) is 8. The van der Waals surface area contributed by atoms with E-state index in [2.05, 4.69) is 15.4 Å². The van der Waals surface area contributed by atoms with Gasteiger partial charge in [-0.25, -0.2) is 14.6 Å². The number of rotatable bonds is 6. The summed E-state index contributed by atoms with van der Waals surface area (Å²) < 4.78 is 16.9. The molecule has 3 aliphatic rings. The third kappa shape index (κ3) is 5.06. The van der Waals surface area contributed by atoms with Crippen LogP contribution in [0.25, 0.3) is 0 Å². The summed E-state index contributed by atoms with van der Waals surface area (Å²) in [5.74, 6) is 0.868. The van der Waals surface area contributed by atoms with Gasteiger partial charge in [0.25, 0.3) is 0 Å². The summed E-state index contributed by atoms with van der Waals surface area (Å²) in [6, 6.07) is 5.56. The van der Waals surface area contributed by atoms with Crippen LogP contribution in [0.3, 0.4) is 0 Å². The molecule has 1 fully saturated rings. The number of carbonyl (C=O) groups is 2. The fourth-order valence-corrected chi connectivity index (χ4v) is 5.10. The molecule has 3 amide bonds. The second-order valence-corrected chi connectivity index (χ2v) is 11.2. The number of benzene rings is 1. The Morgan fingerprint density at radius 1 is 1.23 bits per heavy atom. The van der Waals surface area contributed by atoms with Crippen molar-refractivity contribution in [3.63, 3.8) is 0 Å². The van der Waals surface area contributed by atoms with Crippen molar-refractivity contribution >= 4 is 35.3 Å². The quantitative estimate of drug-likeness (QED) is 0.470. The van der Waals surface area contributed by atoms with E-state index in [4.69, 9.17) is 14.8 Å². The lowest BCUT2D eigenvalue weighted by Gasteiger charge is -2.44. The molecule has 1 unspecified atom stereocenters. The first-order chi connectivity index (χ1) is 19.6. The van der Waals surface area contributed by atoms with E-state index in [9.17, 15) is 11.0 Å². The van der Waals surface area contributed by atoms with Gasteiger partial charge in [-0.15, -0.1) is 0 Å². The maximum atomic E-state index is 14.1. The summed E-state index contributed by atoms with van der Waals surface area (Å²) in [4.78, 5) is 41.2. The average molecular weight is 548 g/mol. The van der Waals surface area contributed by atoms with E-state index in [1.165, 1.54) is 0 Å². The van der Waals surface area contributed by atoms with Gasteiger partial charge in [0.2, 0.25) is 5.95 Å². The van der Waals surface area contributed by atoms with Crippen molar-refractivity contribution in [2.45, 2.75) is 70.8 Å². The van der Waals surface area contributed by atoms with Gasteiger partial charge in [0.05, 0.1) is 44.7 Å². The Morgan fingerprint density at radius 3 is 2.77 bits per heavy atom. The molecule has 0 bridgehead atoms. The summed E-state index contributed by atoms with van der Waals surface area (Å²) in [7, 11) is 0. The summed E-state index contributed by atoms with van der Waals surface area (Å²) in [5, 5.41) is 16.5. The summed E-state index contributed by atoms with van der Waals surface area (Å²) in [6.45, 7) is 6.21. The highest BCUT2D eigenvalue weighted by molar-refractivity contribution is 5.96. The average Bonchev–Trinajstić information content (AvgIpc) is 3.66. The van der Waals surface area contributed by atoms with Crippen LogP contribution in [0.15, 0.2) is 42.9 Å². The van der Waals surface area contributed by atoms with Gasteiger partial charge in [0.15, 0.2) is 0 Å². The monoisotopic (exact) mass is 547 g/mol. The zero-order valence-electron chi connectivity index (χ0n) is 23.9. The number of anilines is 4. The number of hydrogen-bond donors (Lipinski definition) is 2. The van der Waals surface area contributed by atoms with E-state index in [0.717, 1.165) is 18.4 Å². The summed E-state index contributed by atoms with van der Waals surface area (Å²) in [5.41, 5.74) is 1.89. The van der Waals surface area contributed by atoms with Gasteiger partial charge in [0, 0.05) is 30.5 Å². The molecule has 12 heteroatoms. The van der Waals surface area contributed by atoms with Crippen molar-refractivity contribution in [3.8, 4) is 0 Å². The molecule has 6 rings (SSSR count). The standard InChI is InChI=1S/C28H34N8O4/c1-28(2,3)40-27(39)34-11-10-23(21-6-4-5-7-22(21)34)35-16-18-14-29-25(31-19-15-30-33(17-19)12-13-37)32-24(18)36(26(35)38)20-8-9-20/h4-7,14-15,17,20,23,37H,8-13,16H2,1-3H3,(H,29,31,32)/i23D. The molecule has 1 atom stereocenters. The largest absolute Gasteiger partial charge is 0.443 e. The summed E-state index contributed by atoms with van der Waals surface area (Å²) in [6.07, 6.45) is 6.52. The van der Waals surface area contributed by atoms with Crippen LogP contribution in [-0.4, -0.2) is 66.7 Å². The zero-order chi connectivity index (χ0) is 28.9. The van der Waals surface area contributed by atoms with Gasteiger partial charge < -0.3 is 20.1 Å². The highest BCUT2D eigenvalue weighted by Crippen LogP contribution is 2.44. The number of urea groups is 1. The molecule has 0 spiro atoms.